The number of carbonyl (C=O) groups is 2. The quantitative estimate of drug-likeness (QED) is 0.686. The Hall–Kier alpha value is -2.03. The maximum Gasteiger partial charge on any atom is 0.231 e. The van der Waals surface area contributed by atoms with Gasteiger partial charge in [-0.2, -0.15) is 0 Å². The van der Waals surface area contributed by atoms with Crippen LogP contribution in [0.5, 0.6) is 0 Å². The minimum absolute atomic E-state index is 0.0466. The molecule has 26 heavy (non-hydrogen) atoms. The van der Waals surface area contributed by atoms with Crippen molar-refractivity contribution in [2.24, 2.45) is 5.92 Å². The van der Waals surface area contributed by atoms with E-state index in [2.05, 4.69) is 16.4 Å². The van der Waals surface area contributed by atoms with E-state index in [-0.39, 0.29) is 24.2 Å². The second-order valence-corrected chi connectivity index (χ2v) is 8.87. The maximum absolute atomic E-state index is 12.6. The number of thiophene rings is 2. The maximum atomic E-state index is 12.6. The van der Waals surface area contributed by atoms with Gasteiger partial charge in [0.1, 0.15) is 5.69 Å². The van der Waals surface area contributed by atoms with Crippen LogP contribution in [0.3, 0.4) is 0 Å². The molecule has 1 atom stereocenters. The number of rotatable bonds is 5. The summed E-state index contributed by atoms with van der Waals surface area (Å²) in [6.45, 7) is 3.06. The average Bonchev–Trinajstić information content (AvgIpc) is 3.40. The number of aromatic nitrogens is 1. The Balaban J connectivity index is 1.59. The van der Waals surface area contributed by atoms with Gasteiger partial charge in [-0.05, 0) is 29.8 Å². The summed E-state index contributed by atoms with van der Waals surface area (Å²) < 4.78 is 0. The molecule has 1 saturated heterocycles. The molecule has 1 aliphatic heterocycles. The van der Waals surface area contributed by atoms with Crippen LogP contribution in [0.2, 0.25) is 0 Å². The number of amides is 2. The Morgan fingerprint density at radius 2 is 2.00 bits per heavy atom. The highest BCUT2D eigenvalue weighted by Crippen LogP contribution is 2.42. The number of thiazole rings is 1. The van der Waals surface area contributed by atoms with E-state index in [4.69, 9.17) is 0 Å². The first kappa shape index (κ1) is 17.4. The molecule has 0 unspecified atom stereocenters. The van der Waals surface area contributed by atoms with Gasteiger partial charge in [0.15, 0.2) is 5.13 Å². The lowest BCUT2D eigenvalue weighted by atomic mass is 10.1. The van der Waals surface area contributed by atoms with Gasteiger partial charge in [-0.15, -0.1) is 22.7 Å². The van der Waals surface area contributed by atoms with Gasteiger partial charge in [-0.1, -0.05) is 23.5 Å². The average molecular weight is 404 g/mol. The molecule has 134 valence electrons. The summed E-state index contributed by atoms with van der Waals surface area (Å²) in [5, 5.41) is 7.58. The summed E-state index contributed by atoms with van der Waals surface area (Å²) in [6, 6.07) is 8.12. The minimum Gasteiger partial charge on any atom is -0.342 e. The highest BCUT2D eigenvalue weighted by Gasteiger charge is 2.34. The first-order valence-electron chi connectivity index (χ1n) is 8.33. The van der Waals surface area contributed by atoms with Crippen LogP contribution in [-0.2, 0) is 9.59 Å². The minimum atomic E-state index is -0.304. The topological polar surface area (TPSA) is 62.3 Å². The van der Waals surface area contributed by atoms with E-state index in [9.17, 15) is 9.59 Å². The van der Waals surface area contributed by atoms with Crippen LogP contribution in [0.15, 0.2) is 35.0 Å². The highest BCUT2D eigenvalue weighted by atomic mass is 32.1. The van der Waals surface area contributed by atoms with E-state index in [1.165, 1.54) is 11.3 Å². The monoisotopic (exact) mass is 403 g/mol. The zero-order chi connectivity index (χ0) is 18.1. The van der Waals surface area contributed by atoms with Gasteiger partial charge in [-0.25, -0.2) is 4.98 Å². The van der Waals surface area contributed by atoms with Crippen molar-refractivity contribution in [2.75, 3.05) is 18.4 Å². The van der Waals surface area contributed by atoms with Crippen molar-refractivity contribution in [3.8, 4) is 20.3 Å². The molecule has 0 aliphatic carbocycles. The highest BCUT2D eigenvalue weighted by molar-refractivity contribution is 7.24. The number of nitrogens with zero attached hydrogens (tertiary/aromatic N) is 2. The van der Waals surface area contributed by atoms with Crippen molar-refractivity contribution < 1.29 is 9.59 Å². The molecule has 1 fully saturated rings. The standard InChI is InChI=1S/C18H17N3O2S3/c1-2-21-10-11(9-14(21)22)17(23)20-18-19-15(12-5-3-7-24-12)16(26-18)13-6-4-8-25-13/h3-8,11H,2,9-10H2,1H3,(H,19,20,23)/t11-/m0/s1. The molecule has 0 aromatic carbocycles. The number of nitrogens with one attached hydrogen (secondary N) is 1. The zero-order valence-corrected chi connectivity index (χ0v) is 16.5. The molecule has 8 heteroatoms. The van der Waals surface area contributed by atoms with E-state index < -0.39 is 0 Å². The Bertz CT molecular complexity index is 864. The van der Waals surface area contributed by atoms with Crippen LogP contribution in [0.25, 0.3) is 20.3 Å². The van der Waals surface area contributed by atoms with Gasteiger partial charge >= 0.3 is 0 Å². The van der Waals surface area contributed by atoms with Crippen molar-refractivity contribution >= 4 is 51.0 Å². The van der Waals surface area contributed by atoms with Crippen LogP contribution in [0, 0.1) is 5.92 Å². The van der Waals surface area contributed by atoms with Gasteiger partial charge < -0.3 is 10.2 Å². The molecule has 1 N–H and O–H groups in total. The normalized spacial score (nSPS) is 17.0. The summed E-state index contributed by atoms with van der Waals surface area (Å²) in [5.74, 6) is -0.384. The van der Waals surface area contributed by atoms with Crippen LogP contribution in [-0.4, -0.2) is 34.8 Å². The Labute approximate surface area is 163 Å². The van der Waals surface area contributed by atoms with E-state index in [1.807, 2.05) is 35.9 Å². The molecule has 0 spiro atoms. The predicted molar refractivity (Wildman–Crippen MR) is 108 cm³/mol. The van der Waals surface area contributed by atoms with Crippen molar-refractivity contribution in [3.63, 3.8) is 0 Å². The second-order valence-electron chi connectivity index (χ2n) is 5.97. The Morgan fingerprint density at radius 1 is 1.27 bits per heavy atom. The fraction of sp³-hybridized carbons (Fsp3) is 0.278. The molecule has 4 heterocycles. The lowest BCUT2D eigenvalue weighted by molar-refractivity contribution is -0.128. The molecule has 0 saturated carbocycles. The van der Waals surface area contributed by atoms with Gasteiger partial charge in [0, 0.05) is 24.4 Å². The first-order valence-corrected chi connectivity index (χ1v) is 10.9. The van der Waals surface area contributed by atoms with Crippen LogP contribution in [0.4, 0.5) is 5.13 Å². The summed E-state index contributed by atoms with van der Waals surface area (Å²) in [5.41, 5.74) is 0.903. The third kappa shape index (κ3) is 3.32. The van der Waals surface area contributed by atoms with Crippen molar-refractivity contribution in [2.45, 2.75) is 13.3 Å². The molecular weight excluding hydrogens is 386 g/mol. The second kappa shape index (κ2) is 7.30. The number of anilines is 1. The smallest absolute Gasteiger partial charge is 0.231 e. The fourth-order valence-corrected chi connectivity index (χ4v) is 5.61. The van der Waals surface area contributed by atoms with E-state index in [1.54, 1.807) is 27.6 Å². The third-order valence-electron chi connectivity index (χ3n) is 4.32. The summed E-state index contributed by atoms with van der Waals surface area (Å²) in [6.07, 6.45) is 0.278. The number of hydrogen-bond donors (Lipinski definition) is 1. The molecule has 0 bridgehead atoms. The van der Waals surface area contributed by atoms with Crippen molar-refractivity contribution in [1.82, 2.24) is 9.88 Å². The molecule has 4 rings (SSSR count). The molecule has 2 amide bonds. The largest absolute Gasteiger partial charge is 0.342 e. The molecule has 5 nitrogen and oxygen atoms in total. The summed E-state index contributed by atoms with van der Waals surface area (Å²) in [7, 11) is 0. The first-order chi connectivity index (χ1) is 12.7. The lowest BCUT2D eigenvalue weighted by Gasteiger charge is -2.12. The van der Waals surface area contributed by atoms with Crippen LogP contribution in [0.1, 0.15) is 13.3 Å². The van der Waals surface area contributed by atoms with Crippen molar-refractivity contribution in [3.05, 3.63) is 35.0 Å². The molecular formula is C18H17N3O2S3. The number of hydrogen-bond acceptors (Lipinski definition) is 6. The molecule has 1 aliphatic rings. The number of likely N-dealkylation sites (tertiary alicyclic amines) is 1. The summed E-state index contributed by atoms with van der Waals surface area (Å²) >= 11 is 4.78. The molecule has 3 aromatic rings. The fourth-order valence-electron chi connectivity index (χ4n) is 2.99. The molecule has 3 aromatic heterocycles. The van der Waals surface area contributed by atoms with Gasteiger partial charge in [-0.3, -0.25) is 9.59 Å². The van der Waals surface area contributed by atoms with E-state index in [0.717, 1.165) is 20.3 Å². The zero-order valence-electron chi connectivity index (χ0n) is 14.1. The Morgan fingerprint density at radius 3 is 2.62 bits per heavy atom. The predicted octanol–water partition coefficient (Wildman–Crippen LogP) is 4.41. The number of carbonyl (C=O) groups excluding carboxylic acids is 2. The Kier molecular flexibility index (Phi) is 4.88. The van der Waals surface area contributed by atoms with Gasteiger partial charge in [0.2, 0.25) is 11.8 Å². The van der Waals surface area contributed by atoms with E-state index >= 15 is 0 Å². The molecule has 0 radical (unpaired) electrons. The SMILES string of the molecule is CCN1C[C@@H](C(=O)Nc2nc(-c3cccs3)c(-c3cccs3)s2)CC1=O. The lowest BCUT2D eigenvalue weighted by Crippen LogP contribution is -2.28. The van der Waals surface area contributed by atoms with Gasteiger partial charge in [0.05, 0.1) is 15.7 Å². The van der Waals surface area contributed by atoms with Crippen LogP contribution >= 0.6 is 34.0 Å². The van der Waals surface area contributed by atoms with E-state index in [0.29, 0.717) is 18.2 Å². The van der Waals surface area contributed by atoms with Gasteiger partial charge in [0.25, 0.3) is 0 Å². The van der Waals surface area contributed by atoms with Crippen molar-refractivity contribution in [1.29, 1.82) is 0 Å². The van der Waals surface area contributed by atoms with Crippen LogP contribution < -0.4 is 5.32 Å². The summed E-state index contributed by atoms with van der Waals surface area (Å²) in [4.78, 5) is 34.2. The third-order valence-corrected chi connectivity index (χ3v) is 7.22.